The molecule has 0 aliphatic rings. The highest BCUT2D eigenvalue weighted by atomic mass is 28.4. The summed E-state index contributed by atoms with van der Waals surface area (Å²) in [5, 5.41) is 0.0987. The van der Waals surface area contributed by atoms with Crippen LogP contribution < -0.4 is 0 Å². The lowest BCUT2D eigenvalue weighted by atomic mass is 9.72. The topological polar surface area (TPSA) is 18.5 Å². The van der Waals surface area contributed by atoms with Gasteiger partial charge >= 0.3 is 8.56 Å². The van der Waals surface area contributed by atoms with Crippen molar-refractivity contribution in [1.82, 2.24) is 0 Å². The van der Waals surface area contributed by atoms with Gasteiger partial charge in [0.1, 0.15) is 0 Å². The fourth-order valence-electron chi connectivity index (χ4n) is 4.35. The molecule has 0 radical (unpaired) electrons. The first-order valence-corrected chi connectivity index (χ1v) is 11.5. The van der Waals surface area contributed by atoms with E-state index in [2.05, 4.69) is 76.2 Å². The Balaban J connectivity index is 5.13. The average molecular weight is 345 g/mol. The van der Waals surface area contributed by atoms with Gasteiger partial charge in [-0.1, -0.05) is 62.3 Å². The van der Waals surface area contributed by atoms with E-state index >= 15 is 0 Å². The molecule has 0 fully saturated rings. The third-order valence-electron chi connectivity index (χ3n) is 4.42. The first kappa shape index (κ1) is 23.1. The maximum atomic E-state index is 6.34. The highest BCUT2D eigenvalue weighted by molar-refractivity contribution is 6.70. The van der Waals surface area contributed by atoms with Crippen LogP contribution in [0.5, 0.6) is 0 Å². The van der Waals surface area contributed by atoms with E-state index in [1.807, 2.05) is 0 Å². The van der Waals surface area contributed by atoms with Crippen LogP contribution in [0.2, 0.25) is 11.1 Å². The largest absolute Gasteiger partial charge is 0.394 e. The van der Waals surface area contributed by atoms with Crippen molar-refractivity contribution in [3.05, 3.63) is 0 Å². The molecule has 0 N–H and O–H groups in total. The molecule has 23 heavy (non-hydrogen) atoms. The van der Waals surface area contributed by atoms with Crippen LogP contribution in [0.4, 0.5) is 0 Å². The van der Waals surface area contributed by atoms with Crippen molar-refractivity contribution in [2.75, 3.05) is 13.2 Å². The zero-order valence-corrected chi connectivity index (χ0v) is 18.9. The maximum Gasteiger partial charge on any atom is 0.343 e. The minimum absolute atomic E-state index is 0.0987. The van der Waals surface area contributed by atoms with Gasteiger partial charge in [0.25, 0.3) is 0 Å². The molecule has 0 bridgehead atoms. The van der Waals surface area contributed by atoms with E-state index in [1.54, 1.807) is 0 Å². The van der Waals surface area contributed by atoms with Crippen molar-refractivity contribution >= 4 is 8.56 Å². The summed E-state index contributed by atoms with van der Waals surface area (Å²) in [6.45, 7) is 26.8. The van der Waals surface area contributed by atoms with Crippen LogP contribution >= 0.6 is 0 Å². The molecule has 0 aliphatic carbocycles. The quantitative estimate of drug-likeness (QED) is 0.429. The highest BCUT2D eigenvalue weighted by Gasteiger charge is 2.50. The van der Waals surface area contributed by atoms with Gasteiger partial charge in [-0.05, 0) is 49.5 Å². The second-order valence-corrected chi connectivity index (χ2v) is 14.3. The number of rotatable bonds is 9. The van der Waals surface area contributed by atoms with Crippen molar-refractivity contribution in [2.45, 2.75) is 100 Å². The molecule has 0 saturated carbocycles. The molecule has 0 heterocycles. The van der Waals surface area contributed by atoms with Crippen molar-refractivity contribution in [3.8, 4) is 0 Å². The summed E-state index contributed by atoms with van der Waals surface area (Å²) in [5.41, 5.74) is 0.732. The fraction of sp³-hybridized carbons (Fsp3) is 1.00. The Morgan fingerprint density at radius 1 is 0.826 bits per heavy atom. The number of hydrogen-bond donors (Lipinski definition) is 0. The number of hydrogen-bond acceptors (Lipinski definition) is 2. The minimum Gasteiger partial charge on any atom is -0.394 e. The fourth-order valence-corrected chi connectivity index (χ4v) is 8.14. The second kappa shape index (κ2) is 8.49. The SMILES string of the molecule is CCO[Si](CC(C)CC(C)(C)CC(C)(C)C)(OCC)C(C)(C)C. The molecular weight excluding hydrogens is 300 g/mol. The summed E-state index contributed by atoms with van der Waals surface area (Å²) in [7, 11) is -2.22. The second-order valence-electron chi connectivity index (χ2n) is 10.3. The molecule has 0 saturated heterocycles. The molecule has 0 amide bonds. The van der Waals surface area contributed by atoms with Crippen molar-refractivity contribution in [3.63, 3.8) is 0 Å². The molecule has 0 aromatic heterocycles. The van der Waals surface area contributed by atoms with Crippen LogP contribution in [-0.2, 0) is 8.85 Å². The van der Waals surface area contributed by atoms with Crippen molar-refractivity contribution in [2.24, 2.45) is 16.7 Å². The normalized spacial score (nSPS) is 15.8. The van der Waals surface area contributed by atoms with E-state index in [0.717, 1.165) is 19.3 Å². The molecular formula is C20H44O2Si. The Bertz CT molecular complexity index is 331. The Morgan fingerprint density at radius 2 is 1.26 bits per heavy atom. The summed E-state index contributed by atoms with van der Waals surface area (Å²) < 4.78 is 12.7. The van der Waals surface area contributed by atoms with Gasteiger partial charge in [0.05, 0.1) is 0 Å². The third kappa shape index (κ3) is 8.17. The summed E-state index contributed by atoms with van der Waals surface area (Å²) >= 11 is 0. The van der Waals surface area contributed by atoms with E-state index in [0.29, 0.717) is 16.7 Å². The van der Waals surface area contributed by atoms with Crippen molar-refractivity contribution in [1.29, 1.82) is 0 Å². The monoisotopic (exact) mass is 344 g/mol. The molecule has 1 atom stereocenters. The molecule has 3 heteroatoms. The summed E-state index contributed by atoms with van der Waals surface area (Å²) in [6.07, 6.45) is 2.48. The lowest BCUT2D eigenvalue weighted by Crippen LogP contribution is -2.51. The Kier molecular flexibility index (Phi) is 8.54. The molecule has 0 aromatic carbocycles. The molecule has 0 aliphatic heterocycles. The van der Waals surface area contributed by atoms with E-state index in [4.69, 9.17) is 8.85 Å². The van der Waals surface area contributed by atoms with Gasteiger partial charge in [0, 0.05) is 18.3 Å². The van der Waals surface area contributed by atoms with E-state index in [-0.39, 0.29) is 5.04 Å². The van der Waals surface area contributed by atoms with E-state index < -0.39 is 8.56 Å². The maximum absolute atomic E-state index is 6.34. The zero-order chi connectivity index (χ0) is 18.5. The van der Waals surface area contributed by atoms with Crippen LogP contribution in [0.25, 0.3) is 0 Å². The summed E-state index contributed by atoms with van der Waals surface area (Å²) in [4.78, 5) is 0. The lowest BCUT2D eigenvalue weighted by Gasteiger charge is -2.43. The molecule has 140 valence electrons. The Hall–Kier alpha value is 0.137. The third-order valence-corrected chi connectivity index (χ3v) is 9.45. The zero-order valence-electron chi connectivity index (χ0n) is 17.9. The van der Waals surface area contributed by atoms with Gasteiger partial charge in [-0.15, -0.1) is 0 Å². The standard InChI is InChI=1S/C20H44O2Si/c1-12-21-23(22-13-2,19(7,8)9)15-17(3)14-20(10,11)16-18(4,5)6/h17H,12-16H2,1-11H3. The minimum atomic E-state index is -2.22. The van der Waals surface area contributed by atoms with E-state index in [9.17, 15) is 0 Å². The lowest BCUT2D eigenvalue weighted by molar-refractivity contribution is 0.143. The molecule has 0 rings (SSSR count). The first-order chi connectivity index (χ1) is 10.2. The Labute approximate surface area is 148 Å². The van der Waals surface area contributed by atoms with Crippen LogP contribution in [-0.4, -0.2) is 21.8 Å². The van der Waals surface area contributed by atoms with Crippen LogP contribution in [0.3, 0.4) is 0 Å². The van der Waals surface area contributed by atoms with Crippen molar-refractivity contribution < 1.29 is 8.85 Å². The van der Waals surface area contributed by atoms with Gasteiger partial charge in [0.2, 0.25) is 0 Å². The van der Waals surface area contributed by atoms with Gasteiger partial charge in [-0.2, -0.15) is 0 Å². The van der Waals surface area contributed by atoms with Gasteiger partial charge < -0.3 is 8.85 Å². The van der Waals surface area contributed by atoms with Gasteiger partial charge in [0.15, 0.2) is 0 Å². The molecule has 2 nitrogen and oxygen atoms in total. The van der Waals surface area contributed by atoms with Gasteiger partial charge in [-0.25, -0.2) is 0 Å². The van der Waals surface area contributed by atoms with E-state index in [1.165, 1.54) is 12.8 Å². The predicted molar refractivity (Wildman–Crippen MR) is 105 cm³/mol. The van der Waals surface area contributed by atoms with Crippen LogP contribution in [0.1, 0.15) is 89.0 Å². The highest BCUT2D eigenvalue weighted by Crippen LogP contribution is 2.45. The van der Waals surface area contributed by atoms with Crippen LogP contribution in [0, 0.1) is 16.7 Å². The summed E-state index contributed by atoms with van der Waals surface area (Å²) in [5.74, 6) is 0.622. The van der Waals surface area contributed by atoms with Crippen LogP contribution in [0.15, 0.2) is 0 Å². The average Bonchev–Trinajstić information content (AvgIpc) is 2.22. The predicted octanol–water partition coefficient (Wildman–Crippen LogP) is 6.79. The van der Waals surface area contributed by atoms with Gasteiger partial charge in [-0.3, -0.25) is 0 Å². The smallest absolute Gasteiger partial charge is 0.343 e. The molecule has 1 unspecified atom stereocenters. The molecule has 0 aromatic rings. The Morgan fingerprint density at radius 3 is 1.57 bits per heavy atom. The summed E-state index contributed by atoms with van der Waals surface area (Å²) in [6, 6.07) is 1.09. The molecule has 0 spiro atoms. The first-order valence-electron chi connectivity index (χ1n) is 9.46.